The predicted octanol–water partition coefficient (Wildman–Crippen LogP) is 0.354. The van der Waals surface area contributed by atoms with E-state index in [-0.39, 0.29) is 6.61 Å². The van der Waals surface area contributed by atoms with Gasteiger partial charge in [-0.1, -0.05) is 13.3 Å². The number of aliphatic hydroxyl groups excluding tert-OH is 1. The highest BCUT2D eigenvalue weighted by atomic mass is 16.3. The lowest BCUT2D eigenvalue weighted by atomic mass is 10.0. The Kier molecular flexibility index (Phi) is 5.01. The highest BCUT2D eigenvalue weighted by molar-refractivity contribution is 4.55. The van der Waals surface area contributed by atoms with Gasteiger partial charge in [0.05, 0.1) is 0 Å². The molecule has 0 spiro atoms. The molecule has 8 heavy (non-hydrogen) atoms. The van der Waals surface area contributed by atoms with Crippen LogP contribution in [0.15, 0.2) is 0 Å². The van der Waals surface area contributed by atoms with Gasteiger partial charge in [-0.25, -0.2) is 0 Å². The van der Waals surface area contributed by atoms with Crippen molar-refractivity contribution >= 4 is 0 Å². The number of aliphatic hydroxyl groups is 1. The summed E-state index contributed by atoms with van der Waals surface area (Å²) in [6.45, 7) is 3.07. The molecular weight excluding hydrogens is 102 g/mol. The third kappa shape index (κ3) is 2.99. The molecule has 1 unspecified atom stereocenters. The molecule has 2 nitrogen and oxygen atoms in total. The van der Waals surface area contributed by atoms with Crippen LogP contribution in [0.4, 0.5) is 0 Å². The minimum atomic E-state index is 0.274. The fourth-order valence-electron chi connectivity index (χ4n) is 0.671. The van der Waals surface area contributed by atoms with E-state index in [4.69, 9.17) is 10.8 Å². The van der Waals surface area contributed by atoms with Crippen molar-refractivity contribution in [1.82, 2.24) is 0 Å². The van der Waals surface area contributed by atoms with Gasteiger partial charge in [0.25, 0.3) is 0 Å². The van der Waals surface area contributed by atoms with Gasteiger partial charge in [0.15, 0.2) is 0 Å². The van der Waals surface area contributed by atoms with Crippen molar-refractivity contribution in [2.24, 2.45) is 11.7 Å². The first-order chi connectivity index (χ1) is 3.85. The van der Waals surface area contributed by atoms with Gasteiger partial charge in [-0.15, -0.1) is 0 Å². The van der Waals surface area contributed by atoms with E-state index in [1.165, 1.54) is 0 Å². The molecule has 2 heteroatoms. The summed E-state index contributed by atoms with van der Waals surface area (Å²) in [4.78, 5) is 0. The van der Waals surface area contributed by atoms with Gasteiger partial charge in [-0.05, 0) is 18.9 Å². The van der Waals surface area contributed by atoms with Crippen LogP contribution in [0.1, 0.15) is 19.8 Å². The van der Waals surface area contributed by atoms with E-state index in [1.807, 2.05) is 0 Å². The molecule has 0 radical (unpaired) electrons. The quantitative estimate of drug-likeness (QED) is 0.558. The van der Waals surface area contributed by atoms with Gasteiger partial charge in [0, 0.05) is 6.61 Å². The Bertz CT molecular complexity index is 43.8. The fourth-order valence-corrected chi connectivity index (χ4v) is 0.671. The van der Waals surface area contributed by atoms with Crippen molar-refractivity contribution in [2.75, 3.05) is 13.2 Å². The molecule has 0 fully saturated rings. The summed E-state index contributed by atoms with van der Waals surface area (Å²) in [7, 11) is 0. The summed E-state index contributed by atoms with van der Waals surface area (Å²) in [5, 5.41) is 8.44. The van der Waals surface area contributed by atoms with Gasteiger partial charge in [-0.3, -0.25) is 0 Å². The molecule has 0 aromatic rings. The summed E-state index contributed by atoms with van der Waals surface area (Å²) in [5.41, 5.74) is 5.36. The average molecular weight is 117 g/mol. The van der Waals surface area contributed by atoms with Gasteiger partial charge in [-0.2, -0.15) is 0 Å². The van der Waals surface area contributed by atoms with Gasteiger partial charge < -0.3 is 10.8 Å². The van der Waals surface area contributed by atoms with E-state index in [0.29, 0.717) is 12.5 Å². The molecule has 1 atom stereocenters. The topological polar surface area (TPSA) is 46.2 Å². The lowest BCUT2D eigenvalue weighted by molar-refractivity contribution is 0.256. The lowest BCUT2D eigenvalue weighted by Crippen LogP contribution is -2.14. The first-order valence-corrected chi connectivity index (χ1v) is 3.16. The van der Waals surface area contributed by atoms with Gasteiger partial charge >= 0.3 is 0 Å². The molecule has 50 valence electrons. The van der Waals surface area contributed by atoms with Crippen LogP contribution in [0.5, 0.6) is 0 Å². The van der Waals surface area contributed by atoms with E-state index in [1.54, 1.807) is 0 Å². The van der Waals surface area contributed by atoms with Crippen molar-refractivity contribution < 1.29 is 5.11 Å². The third-order valence-corrected chi connectivity index (χ3v) is 1.45. The maximum absolute atomic E-state index is 8.44. The number of nitrogens with two attached hydrogens (primary N) is 1. The Hall–Kier alpha value is -0.0800. The monoisotopic (exact) mass is 117 g/mol. The first kappa shape index (κ1) is 7.92. The molecule has 0 saturated heterocycles. The minimum Gasteiger partial charge on any atom is -0.396 e. The van der Waals surface area contributed by atoms with E-state index in [9.17, 15) is 0 Å². The zero-order chi connectivity index (χ0) is 6.41. The van der Waals surface area contributed by atoms with Crippen LogP contribution in [-0.2, 0) is 0 Å². The molecule has 0 rings (SSSR count). The lowest BCUT2D eigenvalue weighted by Gasteiger charge is -2.07. The molecule has 0 aliphatic carbocycles. The van der Waals surface area contributed by atoms with Crippen LogP contribution in [0, 0.1) is 5.92 Å². The van der Waals surface area contributed by atoms with Crippen molar-refractivity contribution in [3.05, 3.63) is 0 Å². The van der Waals surface area contributed by atoms with Crippen molar-refractivity contribution in [3.63, 3.8) is 0 Å². The van der Waals surface area contributed by atoms with Crippen LogP contribution in [0.3, 0.4) is 0 Å². The summed E-state index contributed by atoms with van der Waals surface area (Å²) >= 11 is 0. The summed E-state index contributed by atoms with van der Waals surface area (Å²) in [5.74, 6) is 0.528. The Morgan fingerprint density at radius 3 is 2.38 bits per heavy atom. The average Bonchev–Trinajstić information content (AvgIpc) is 1.83. The number of hydrogen-bond donors (Lipinski definition) is 2. The van der Waals surface area contributed by atoms with E-state index >= 15 is 0 Å². The second-order valence-corrected chi connectivity index (χ2v) is 2.02. The summed E-state index contributed by atoms with van der Waals surface area (Å²) in [6, 6.07) is 0. The van der Waals surface area contributed by atoms with Crippen molar-refractivity contribution in [3.8, 4) is 0 Å². The van der Waals surface area contributed by atoms with Crippen molar-refractivity contribution in [2.45, 2.75) is 19.8 Å². The Balaban J connectivity index is 3.07. The van der Waals surface area contributed by atoms with E-state index in [2.05, 4.69) is 6.92 Å². The molecule has 0 aromatic carbocycles. The van der Waals surface area contributed by atoms with Gasteiger partial charge in [0.1, 0.15) is 0 Å². The smallest absolute Gasteiger partial charge is 0.0434 e. The summed E-state index contributed by atoms with van der Waals surface area (Å²) in [6.07, 6.45) is 1.93. The van der Waals surface area contributed by atoms with Crippen molar-refractivity contribution in [1.29, 1.82) is 0 Å². The zero-order valence-electron chi connectivity index (χ0n) is 5.43. The van der Waals surface area contributed by atoms with Crippen LogP contribution >= 0.6 is 0 Å². The largest absolute Gasteiger partial charge is 0.396 e. The maximum Gasteiger partial charge on any atom is 0.0434 e. The molecule has 0 aromatic heterocycles. The zero-order valence-corrected chi connectivity index (χ0v) is 5.43. The van der Waals surface area contributed by atoms with Crippen LogP contribution in [0.25, 0.3) is 0 Å². The predicted molar refractivity (Wildman–Crippen MR) is 34.5 cm³/mol. The Labute approximate surface area is 50.7 Å². The Morgan fingerprint density at radius 1 is 1.62 bits per heavy atom. The van der Waals surface area contributed by atoms with E-state index in [0.717, 1.165) is 12.8 Å². The molecule has 0 saturated carbocycles. The normalized spacial score (nSPS) is 13.9. The maximum atomic E-state index is 8.44. The molecule has 0 bridgehead atoms. The van der Waals surface area contributed by atoms with Crippen LogP contribution in [0.2, 0.25) is 0 Å². The molecular formula is C6H15NO. The molecule has 0 heterocycles. The third-order valence-electron chi connectivity index (χ3n) is 1.45. The molecule has 3 N–H and O–H groups in total. The SMILES string of the molecule is CCC(CN)CCO. The van der Waals surface area contributed by atoms with E-state index < -0.39 is 0 Å². The Morgan fingerprint density at radius 2 is 2.25 bits per heavy atom. The van der Waals surface area contributed by atoms with Crippen LogP contribution < -0.4 is 5.73 Å². The fraction of sp³-hybridized carbons (Fsp3) is 1.00. The molecule has 0 aliphatic rings. The second kappa shape index (κ2) is 5.06. The highest BCUT2D eigenvalue weighted by Gasteiger charge is 1.99. The standard InChI is InChI=1S/C6H15NO/c1-2-6(5-7)3-4-8/h6,8H,2-5,7H2,1H3. The summed E-state index contributed by atoms with van der Waals surface area (Å²) < 4.78 is 0. The first-order valence-electron chi connectivity index (χ1n) is 3.16. The van der Waals surface area contributed by atoms with Gasteiger partial charge in [0.2, 0.25) is 0 Å². The number of hydrogen-bond acceptors (Lipinski definition) is 2. The molecule has 0 aliphatic heterocycles. The second-order valence-electron chi connectivity index (χ2n) is 2.02. The minimum absolute atomic E-state index is 0.274. The number of rotatable bonds is 4. The highest BCUT2D eigenvalue weighted by Crippen LogP contribution is 2.03. The van der Waals surface area contributed by atoms with Crippen LogP contribution in [-0.4, -0.2) is 18.3 Å². The molecule has 0 amide bonds.